The Morgan fingerprint density at radius 2 is 1.84 bits per heavy atom. The SMILES string of the molecule is CNCC1(CNC(=O)CCC2CCCCC2)CCC1. The molecule has 2 aliphatic carbocycles. The van der Waals surface area contributed by atoms with Crippen LogP contribution in [0.4, 0.5) is 0 Å². The number of nitrogens with one attached hydrogen (secondary N) is 2. The highest BCUT2D eigenvalue weighted by Gasteiger charge is 2.36. The van der Waals surface area contributed by atoms with Crippen molar-refractivity contribution in [3.8, 4) is 0 Å². The lowest BCUT2D eigenvalue weighted by Crippen LogP contribution is -2.47. The highest BCUT2D eigenvalue weighted by Crippen LogP contribution is 2.39. The molecule has 1 amide bonds. The van der Waals surface area contributed by atoms with Crippen molar-refractivity contribution in [3.05, 3.63) is 0 Å². The minimum atomic E-state index is 0.271. The summed E-state index contributed by atoms with van der Waals surface area (Å²) in [6.45, 7) is 1.91. The predicted octanol–water partition coefficient (Wildman–Crippen LogP) is 2.85. The van der Waals surface area contributed by atoms with Crippen LogP contribution in [0.5, 0.6) is 0 Å². The molecule has 0 aromatic rings. The lowest BCUT2D eigenvalue weighted by molar-refractivity contribution is -0.122. The Hall–Kier alpha value is -0.570. The van der Waals surface area contributed by atoms with Crippen LogP contribution in [-0.2, 0) is 4.79 Å². The molecule has 0 spiro atoms. The van der Waals surface area contributed by atoms with Gasteiger partial charge in [-0.25, -0.2) is 0 Å². The van der Waals surface area contributed by atoms with Crippen molar-refractivity contribution < 1.29 is 4.79 Å². The van der Waals surface area contributed by atoms with Gasteiger partial charge in [-0.05, 0) is 32.2 Å². The monoisotopic (exact) mass is 266 g/mol. The fourth-order valence-electron chi connectivity index (χ4n) is 3.65. The molecule has 2 fully saturated rings. The molecule has 0 aromatic carbocycles. The van der Waals surface area contributed by atoms with Crippen LogP contribution >= 0.6 is 0 Å². The van der Waals surface area contributed by atoms with E-state index >= 15 is 0 Å². The fourth-order valence-corrected chi connectivity index (χ4v) is 3.65. The summed E-state index contributed by atoms with van der Waals surface area (Å²) < 4.78 is 0. The Morgan fingerprint density at radius 3 is 2.42 bits per heavy atom. The van der Waals surface area contributed by atoms with Crippen LogP contribution in [0, 0.1) is 11.3 Å². The molecular formula is C16H30N2O. The van der Waals surface area contributed by atoms with Crippen LogP contribution < -0.4 is 10.6 Å². The third-order valence-electron chi connectivity index (χ3n) is 5.13. The van der Waals surface area contributed by atoms with Crippen LogP contribution in [0.15, 0.2) is 0 Å². The van der Waals surface area contributed by atoms with Crippen molar-refractivity contribution in [1.82, 2.24) is 10.6 Å². The number of hydrogen-bond donors (Lipinski definition) is 2. The second-order valence-electron chi connectivity index (χ2n) is 6.70. The van der Waals surface area contributed by atoms with Crippen LogP contribution in [0.1, 0.15) is 64.2 Å². The molecule has 0 heterocycles. The van der Waals surface area contributed by atoms with Gasteiger partial charge in [0.2, 0.25) is 5.91 Å². The maximum Gasteiger partial charge on any atom is 0.220 e. The van der Waals surface area contributed by atoms with E-state index in [-0.39, 0.29) is 5.91 Å². The third-order valence-corrected chi connectivity index (χ3v) is 5.13. The normalized spacial score (nSPS) is 22.8. The van der Waals surface area contributed by atoms with Crippen LogP contribution in [0.2, 0.25) is 0 Å². The molecule has 3 heteroatoms. The summed E-state index contributed by atoms with van der Waals surface area (Å²) in [4.78, 5) is 11.9. The largest absolute Gasteiger partial charge is 0.355 e. The quantitative estimate of drug-likeness (QED) is 0.744. The summed E-state index contributed by atoms with van der Waals surface area (Å²) in [5.74, 6) is 1.09. The average Bonchev–Trinajstić information content (AvgIpc) is 2.40. The molecule has 0 radical (unpaired) electrons. The molecule has 0 aromatic heterocycles. The first-order valence-corrected chi connectivity index (χ1v) is 8.15. The van der Waals surface area contributed by atoms with Crippen molar-refractivity contribution in [3.63, 3.8) is 0 Å². The van der Waals surface area contributed by atoms with Gasteiger partial charge >= 0.3 is 0 Å². The second kappa shape index (κ2) is 7.28. The number of carbonyl (C=O) groups excluding carboxylic acids is 1. The summed E-state index contributed by atoms with van der Waals surface area (Å²) in [5, 5.41) is 6.44. The van der Waals surface area contributed by atoms with Gasteiger partial charge in [0.05, 0.1) is 0 Å². The maximum atomic E-state index is 11.9. The summed E-state index contributed by atoms with van der Waals surface area (Å²) in [6, 6.07) is 0. The lowest BCUT2D eigenvalue weighted by Gasteiger charge is -2.42. The topological polar surface area (TPSA) is 41.1 Å². The Kier molecular flexibility index (Phi) is 5.68. The molecule has 110 valence electrons. The molecule has 2 saturated carbocycles. The van der Waals surface area contributed by atoms with Crippen molar-refractivity contribution >= 4 is 5.91 Å². The first kappa shape index (κ1) is 14.8. The fraction of sp³-hybridized carbons (Fsp3) is 0.938. The van der Waals surface area contributed by atoms with Gasteiger partial charge in [0, 0.05) is 24.9 Å². The van der Waals surface area contributed by atoms with E-state index in [4.69, 9.17) is 0 Å². The van der Waals surface area contributed by atoms with E-state index in [2.05, 4.69) is 10.6 Å². The van der Waals surface area contributed by atoms with Crippen molar-refractivity contribution in [1.29, 1.82) is 0 Å². The first-order valence-electron chi connectivity index (χ1n) is 8.15. The second-order valence-corrected chi connectivity index (χ2v) is 6.70. The highest BCUT2D eigenvalue weighted by molar-refractivity contribution is 5.75. The predicted molar refractivity (Wildman–Crippen MR) is 79.0 cm³/mol. The molecule has 2 N–H and O–H groups in total. The molecule has 2 rings (SSSR count). The summed E-state index contributed by atoms with van der Waals surface area (Å²) in [6.07, 6.45) is 12.5. The van der Waals surface area contributed by atoms with E-state index in [1.807, 2.05) is 7.05 Å². The van der Waals surface area contributed by atoms with Crippen LogP contribution in [0.25, 0.3) is 0 Å². The standard InChI is InChI=1S/C16H30N2O/c1-17-12-16(10-5-11-16)13-18-15(19)9-8-14-6-3-2-4-7-14/h14,17H,2-13H2,1H3,(H,18,19). The van der Waals surface area contributed by atoms with E-state index in [1.165, 1.54) is 51.4 Å². The molecule has 0 unspecified atom stereocenters. The minimum Gasteiger partial charge on any atom is -0.355 e. The molecule has 0 bridgehead atoms. The van der Waals surface area contributed by atoms with Gasteiger partial charge in [0.1, 0.15) is 0 Å². The lowest BCUT2D eigenvalue weighted by atomic mass is 9.68. The van der Waals surface area contributed by atoms with E-state index in [0.717, 1.165) is 31.8 Å². The number of hydrogen-bond acceptors (Lipinski definition) is 2. The number of carbonyl (C=O) groups is 1. The average molecular weight is 266 g/mol. The van der Waals surface area contributed by atoms with Gasteiger partial charge in [0.25, 0.3) is 0 Å². The zero-order chi connectivity index (χ0) is 13.6. The zero-order valence-electron chi connectivity index (χ0n) is 12.5. The first-order chi connectivity index (χ1) is 9.24. The smallest absolute Gasteiger partial charge is 0.220 e. The van der Waals surface area contributed by atoms with Gasteiger partial charge in [-0.15, -0.1) is 0 Å². The zero-order valence-corrected chi connectivity index (χ0v) is 12.5. The van der Waals surface area contributed by atoms with Crippen LogP contribution in [-0.4, -0.2) is 26.0 Å². The van der Waals surface area contributed by atoms with Crippen LogP contribution in [0.3, 0.4) is 0 Å². The maximum absolute atomic E-state index is 11.9. The van der Waals surface area contributed by atoms with Gasteiger partial charge in [-0.2, -0.15) is 0 Å². The van der Waals surface area contributed by atoms with E-state index < -0.39 is 0 Å². The van der Waals surface area contributed by atoms with E-state index in [0.29, 0.717) is 5.41 Å². The Labute approximate surface area is 117 Å². The molecule has 0 aliphatic heterocycles. The molecule has 3 nitrogen and oxygen atoms in total. The molecule has 0 atom stereocenters. The Balaban J connectivity index is 1.61. The van der Waals surface area contributed by atoms with Gasteiger partial charge in [0.15, 0.2) is 0 Å². The molecule has 19 heavy (non-hydrogen) atoms. The highest BCUT2D eigenvalue weighted by atomic mass is 16.1. The molecule has 2 aliphatic rings. The van der Waals surface area contributed by atoms with Gasteiger partial charge in [-0.3, -0.25) is 4.79 Å². The Bertz CT molecular complexity index is 280. The minimum absolute atomic E-state index is 0.271. The summed E-state index contributed by atoms with van der Waals surface area (Å²) in [7, 11) is 2.00. The van der Waals surface area contributed by atoms with E-state index in [9.17, 15) is 4.79 Å². The Morgan fingerprint density at radius 1 is 1.11 bits per heavy atom. The summed E-state index contributed by atoms with van der Waals surface area (Å²) >= 11 is 0. The van der Waals surface area contributed by atoms with Crippen molar-refractivity contribution in [2.45, 2.75) is 64.2 Å². The third kappa shape index (κ3) is 4.48. The van der Waals surface area contributed by atoms with Crippen molar-refractivity contribution in [2.75, 3.05) is 20.1 Å². The van der Waals surface area contributed by atoms with Gasteiger partial charge in [-0.1, -0.05) is 38.5 Å². The molecular weight excluding hydrogens is 236 g/mol. The van der Waals surface area contributed by atoms with Crippen molar-refractivity contribution in [2.24, 2.45) is 11.3 Å². The van der Waals surface area contributed by atoms with Gasteiger partial charge < -0.3 is 10.6 Å². The summed E-state index contributed by atoms with van der Waals surface area (Å²) in [5.41, 5.74) is 0.356. The molecule has 0 saturated heterocycles. The number of amides is 1. The number of rotatable bonds is 7. The van der Waals surface area contributed by atoms with E-state index in [1.54, 1.807) is 0 Å².